The second-order valence-corrected chi connectivity index (χ2v) is 10.7. The molecular weight excluding hydrogens is 740 g/mol. The molecule has 5 aromatic rings. The third kappa shape index (κ3) is 15.2. The van der Waals surface area contributed by atoms with Crippen molar-refractivity contribution in [2.45, 2.75) is 18.9 Å². The van der Waals surface area contributed by atoms with Gasteiger partial charge in [-0.2, -0.15) is 0 Å². The minimum absolute atomic E-state index is 0. The number of hydrogen-bond donors (Lipinski definition) is 2. The third-order valence-corrected chi connectivity index (χ3v) is 7.17. The summed E-state index contributed by atoms with van der Waals surface area (Å²) in [6.07, 6.45) is 6.41. The van der Waals surface area contributed by atoms with Gasteiger partial charge in [-0.15, -0.1) is 0 Å². The van der Waals surface area contributed by atoms with Crippen molar-refractivity contribution in [2.75, 3.05) is 13.6 Å². The van der Waals surface area contributed by atoms with E-state index in [1.165, 1.54) is 73.5 Å². The molecule has 4 aromatic carbocycles. The summed E-state index contributed by atoms with van der Waals surface area (Å²) >= 11 is 0. The monoisotopic (exact) mass is 777 g/mol. The first-order chi connectivity index (χ1) is 24.7. The largest absolute Gasteiger partial charge is 2.00 e. The molecule has 15 heteroatoms. The van der Waals surface area contributed by atoms with Gasteiger partial charge in [0.15, 0.2) is 0 Å². The Hall–Kier alpha value is -6.41. The standard InChI is InChI=1S/C10H14N2.4C7H6O3.Cu/c1-12-7-3-5-10(12)9-4-2-6-11-8-9;4*8-6-4-2-1-3-5(6)7(9)10;/h2,4,6,8,10H,3,5,7H2,1H3;4*1-4,8H,(H,9,10);/q;;;;;+2. The van der Waals surface area contributed by atoms with Crippen molar-refractivity contribution in [1.82, 2.24) is 9.88 Å². The summed E-state index contributed by atoms with van der Waals surface area (Å²) in [5, 5.41) is 69.1. The number of carboxylic acids is 4. The predicted molar refractivity (Wildman–Crippen MR) is 185 cm³/mol. The van der Waals surface area contributed by atoms with Gasteiger partial charge in [0.05, 0.1) is 34.6 Å². The van der Waals surface area contributed by atoms with Crippen LogP contribution in [0, 0.1) is 0 Å². The van der Waals surface area contributed by atoms with Gasteiger partial charge in [-0.25, -0.2) is 4.79 Å². The number of benzene rings is 4. The Labute approximate surface area is 315 Å². The Bertz CT molecular complexity index is 1700. The zero-order chi connectivity index (χ0) is 38.6. The van der Waals surface area contributed by atoms with Crippen molar-refractivity contribution in [3.63, 3.8) is 0 Å². The molecule has 2 heterocycles. The minimum Gasteiger partial charge on any atom is -0.593 e. The molecule has 8 N–H and O–H groups in total. The molecule has 0 bridgehead atoms. The van der Waals surface area contributed by atoms with Gasteiger partial charge in [-0.3, -0.25) is 9.88 Å². The van der Waals surface area contributed by atoms with E-state index in [1.807, 2.05) is 18.5 Å². The normalized spacial score (nSPS) is 12.5. The van der Waals surface area contributed by atoms with E-state index in [9.17, 15) is 34.5 Å². The van der Waals surface area contributed by atoms with E-state index in [0.717, 1.165) is 0 Å². The molecule has 1 fully saturated rings. The number of likely N-dealkylation sites (tertiary alicyclic amines) is 1. The fourth-order valence-corrected chi connectivity index (χ4v) is 4.54. The summed E-state index contributed by atoms with van der Waals surface area (Å²) in [6, 6.07) is 28.4. The number of aromatic nitrogens is 1. The number of carboxylic acid groups (broad SMARTS) is 4. The summed E-state index contributed by atoms with van der Waals surface area (Å²) in [5.74, 6) is -5.25. The van der Waals surface area contributed by atoms with Crippen molar-refractivity contribution in [2.24, 2.45) is 0 Å². The maximum absolute atomic E-state index is 10.3. The van der Waals surface area contributed by atoms with Crippen LogP contribution in [-0.4, -0.2) is 72.9 Å². The quantitative estimate of drug-likeness (QED) is 0.190. The maximum atomic E-state index is 10.3. The molecule has 1 aliphatic rings. The number of carbonyl (C=O) groups excluding carboxylic acids is 3. The third-order valence-electron chi connectivity index (χ3n) is 7.17. The summed E-state index contributed by atoms with van der Waals surface area (Å²) < 4.78 is 0. The van der Waals surface area contributed by atoms with Crippen molar-refractivity contribution in [3.05, 3.63) is 149 Å². The van der Waals surface area contributed by atoms with E-state index < -0.39 is 23.9 Å². The fourth-order valence-electron chi connectivity index (χ4n) is 4.54. The smallest absolute Gasteiger partial charge is 0.593 e. The van der Waals surface area contributed by atoms with Gasteiger partial charge in [-0.05, 0) is 68.4 Å². The van der Waals surface area contributed by atoms with Crippen molar-refractivity contribution in [3.8, 4) is 23.0 Å². The molecule has 14 nitrogen and oxygen atoms in total. The van der Waals surface area contributed by atoms with Crippen molar-refractivity contribution < 1.29 is 77.1 Å². The van der Waals surface area contributed by atoms with Crippen LogP contribution in [0.25, 0.3) is 0 Å². The van der Waals surface area contributed by atoms with Gasteiger partial charge in [-0.1, -0.05) is 54.6 Å². The van der Waals surface area contributed by atoms with Crippen LogP contribution in [0.1, 0.15) is 65.9 Å². The number of para-hydroxylation sites is 4. The van der Waals surface area contributed by atoms with Gasteiger partial charge in [0, 0.05) is 36.6 Å². The Balaban J connectivity index is 0.000000331. The van der Waals surface area contributed by atoms with Crippen LogP contribution in [0.3, 0.4) is 0 Å². The number of phenols is 1. The SMILES string of the molecule is CN1CCCC1c1cccnc1.O=C(O)c1ccccc1O.O=C([O-])c1ccccc1[OH2+].O=C([O-])c1ccccc1[OH2+].O=C([O-])c1ccccc1[OH2+].[Cu+2]. The van der Waals surface area contributed by atoms with Crippen LogP contribution in [-0.2, 0) is 17.1 Å². The predicted octanol–water partition coefficient (Wildman–Crippen LogP) is 1.40. The second kappa shape index (κ2) is 23.1. The van der Waals surface area contributed by atoms with Crippen molar-refractivity contribution in [1.29, 1.82) is 0 Å². The minimum atomic E-state index is -1.30. The molecule has 1 unspecified atom stereocenters. The van der Waals surface area contributed by atoms with E-state index in [2.05, 4.69) is 23.0 Å². The van der Waals surface area contributed by atoms with Crippen LogP contribution in [0.5, 0.6) is 23.0 Å². The van der Waals surface area contributed by atoms with E-state index >= 15 is 0 Å². The molecule has 0 saturated carbocycles. The number of hydrogen-bond acceptors (Lipinski definition) is 10. The molecule has 0 aliphatic carbocycles. The summed E-state index contributed by atoms with van der Waals surface area (Å²) in [6.45, 7) is 1.22. The van der Waals surface area contributed by atoms with Crippen LogP contribution < -0.4 is 15.3 Å². The molecule has 1 aromatic heterocycles. The van der Waals surface area contributed by atoms with Crippen molar-refractivity contribution >= 4 is 23.9 Å². The molecule has 6 rings (SSSR count). The molecule has 281 valence electrons. The first-order valence-corrected chi connectivity index (χ1v) is 15.4. The number of rotatable bonds is 5. The van der Waals surface area contributed by atoms with Gasteiger partial charge < -0.3 is 55.2 Å². The summed E-state index contributed by atoms with van der Waals surface area (Å²) in [7, 11) is 2.19. The van der Waals surface area contributed by atoms with Gasteiger partial charge in [0.25, 0.3) is 17.2 Å². The zero-order valence-electron chi connectivity index (χ0n) is 28.2. The first kappa shape index (κ1) is 44.6. The summed E-state index contributed by atoms with van der Waals surface area (Å²) in [4.78, 5) is 47.4. The Morgan fingerprint density at radius 3 is 1.32 bits per heavy atom. The number of carbonyl (C=O) groups is 4. The average Bonchev–Trinajstić information content (AvgIpc) is 3.56. The fraction of sp³-hybridized carbons (Fsp3) is 0.132. The molecule has 1 atom stereocenters. The molecular formula is C38H38CuN2O12+2. The Morgan fingerprint density at radius 1 is 0.660 bits per heavy atom. The molecule has 1 saturated heterocycles. The topological polar surface area (TPSA) is 263 Å². The zero-order valence-corrected chi connectivity index (χ0v) is 29.1. The number of aromatic carboxylic acids is 4. The van der Waals surface area contributed by atoms with E-state index in [0.29, 0.717) is 6.04 Å². The molecule has 0 amide bonds. The Kier molecular flexibility index (Phi) is 19.5. The number of aromatic hydroxyl groups is 1. The van der Waals surface area contributed by atoms with E-state index in [1.54, 1.807) is 48.5 Å². The molecule has 0 spiro atoms. The second-order valence-electron chi connectivity index (χ2n) is 10.7. The van der Waals surface area contributed by atoms with Crippen LogP contribution in [0.2, 0.25) is 0 Å². The average molecular weight is 778 g/mol. The number of nitrogens with zero attached hydrogens (tertiary/aromatic N) is 2. The molecule has 1 radical (unpaired) electrons. The van der Waals surface area contributed by atoms with Crippen LogP contribution >= 0.6 is 0 Å². The summed E-state index contributed by atoms with van der Waals surface area (Å²) in [5.41, 5.74) is 1.09. The van der Waals surface area contributed by atoms with Crippen LogP contribution in [0.15, 0.2) is 122 Å². The molecule has 53 heavy (non-hydrogen) atoms. The van der Waals surface area contributed by atoms with Gasteiger partial charge in [0.1, 0.15) is 11.3 Å². The Morgan fingerprint density at radius 2 is 1.06 bits per heavy atom. The maximum Gasteiger partial charge on any atom is 2.00 e. The first-order valence-electron chi connectivity index (χ1n) is 15.4. The van der Waals surface area contributed by atoms with E-state index in [4.69, 9.17) is 25.5 Å². The van der Waals surface area contributed by atoms with Gasteiger partial charge >= 0.3 is 23.0 Å². The van der Waals surface area contributed by atoms with Gasteiger partial charge in [0.2, 0.25) is 0 Å². The van der Waals surface area contributed by atoms with E-state index in [-0.39, 0.29) is 62.3 Å². The van der Waals surface area contributed by atoms with Crippen LogP contribution in [0.4, 0.5) is 0 Å². The number of pyridine rings is 1. The molecule has 1 aliphatic heterocycles.